The lowest BCUT2D eigenvalue weighted by Crippen LogP contribution is -2.32. The van der Waals surface area contributed by atoms with Crippen LogP contribution >= 0.6 is 11.6 Å². The van der Waals surface area contributed by atoms with Crippen LogP contribution < -0.4 is 4.72 Å². The topological polar surface area (TPSA) is 104 Å². The van der Waals surface area contributed by atoms with Crippen molar-refractivity contribution < 1.29 is 27.8 Å². The number of benzene rings is 1. The third-order valence-electron chi connectivity index (χ3n) is 2.50. The van der Waals surface area contributed by atoms with Crippen molar-refractivity contribution in [2.24, 2.45) is 0 Å². The Labute approximate surface area is 120 Å². The number of rotatable bonds is 6. The molecule has 20 heavy (non-hydrogen) atoms. The normalized spacial score (nSPS) is 13.2. The first-order chi connectivity index (χ1) is 9.19. The number of aromatic carboxylic acids is 1. The van der Waals surface area contributed by atoms with Gasteiger partial charge in [0.25, 0.3) is 0 Å². The average molecular weight is 326 g/mol. The van der Waals surface area contributed by atoms with Crippen molar-refractivity contribution >= 4 is 27.6 Å². The molecule has 9 heteroatoms. The van der Waals surface area contributed by atoms with Crippen LogP contribution in [0, 0.1) is 5.82 Å². The van der Waals surface area contributed by atoms with E-state index in [-0.39, 0.29) is 11.6 Å². The largest absolute Gasteiger partial charge is 0.478 e. The predicted molar refractivity (Wildman–Crippen MR) is 69.9 cm³/mol. The summed E-state index contributed by atoms with van der Waals surface area (Å²) in [5, 5.41) is 17.9. The molecule has 0 bridgehead atoms. The molecule has 0 aliphatic rings. The maximum absolute atomic E-state index is 13.9. The van der Waals surface area contributed by atoms with Crippen molar-refractivity contribution in [3.63, 3.8) is 0 Å². The Hall–Kier alpha value is -1.22. The first-order valence-corrected chi connectivity index (χ1v) is 7.45. The molecule has 0 amide bonds. The van der Waals surface area contributed by atoms with Crippen LogP contribution in [0.5, 0.6) is 0 Å². The van der Waals surface area contributed by atoms with Gasteiger partial charge in [0, 0.05) is 11.6 Å². The number of halogens is 2. The summed E-state index contributed by atoms with van der Waals surface area (Å²) in [5.41, 5.74) is -0.839. The molecule has 1 aromatic rings. The van der Waals surface area contributed by atoms with Gasteiger partial charge in [0.05, 0.1) is 11.7 Å². The van der Waals surface area contributed by atoms with Gasteiger partial charge < -0.3 is 10.2 Å². The van der Waals surface area contributed by atoms with Gasteiger partial charge in [-0.05, 0) is 18.6 Å². The fourth-order valence-electron chi connectivity index (χ4n) is 1.34. The molecule has 1 aromatic carbocycles. The molecule has 0 spiro atoms. The van der Waals surface area contributed by atoms with Crippen molar-refractivity contribution in [3.8, 4) is 0 Å². The molecule has 1 unspecified atom stereocenters. The van der Waals surface area contributed by atoms with Gasteiger partial charge in [-0.15, -0.1) is 0 Å². The smallest absolute Gasteiger partial charge is 0.338 e. The van der Waals surface area contributed by atoms with Crippen molar-refractivity contribution in [2.45, 2.75) is 24.3 Å². The van der Waals surface area contributed by atoms with Gasteiger partial charge in [-0.2, -0.15) is 0 Å². The minimum absolute atomic E-state index is 0.222. The Kier molecular flexibility index (Phi) is 5.46. The van der Waals surface area contributed by atoms with E-state index in [0.717, 1.165) is 12.1 Å². The Balaban J connectivity index is 3.21. The lowest BCUT2D eigenvalue weighted by molar-refractivity contribution is 0.0691. The first-order valence-electron chi connectivity index (χ1n) is 5.59. The van der Waals surface area contributed by atoms with Crippen LogP contribution in [0.3, 0.4) is 0 Å². The van der Waals surface area contributed by atoms with Crippen LogP contribution in [0.2, 0.25) is 5.02 Å². The number of sulfonamides is 1. The first kappa shape index (κ1) is 16.8. The highest BCUT2D eigenvalue weighted by atomic mass is 35.5. The van der Waals surface area contributed by atoms with E-state index in [1.54, 1.807) is 6.92 Å². The van der Waals surface area contributed by atoms with Gasteiger partial charge in [-0.1, -0.05) is 18.5 Å². The molecular formula is C11H13ClFNO5S. The molecule has 112 valence electrons. The summed E-state index contributed by atoms with van der Waals surface area (Å²) in [7, 11) is -4.31. The van der Waals surface area contributed by atoms with E-state index in [2.05, 4.69) is 0 Å². The van der Waals surface area contributed by atoms with Gasteiger partial charge in [-0.3, -0.25) is 0 Å². The molecule has 6 nitrogen and oxygen atoms in total. The highest BCUT2D eigenvalue weighted by Gasteiger charge is 2.25. The summed E-state index contributed by atoms with van der Waals surface area (Å²) in [4.78, 5) is 9.94. The van der Waals surface area contributed by atoms with E-state index in [9.17, 15) is 22.7 Å². The molecule has 1 rings (SSSR count). The Morgan fingerprint density at radius 1 is 1.50 bits per heavy atom. The summed E-state index contributed by atoms with van der Waals surface area (Å²) >= 11 is 5.59. The van der Waals surface area contributed by atoms with Crippen LogP contribution in [0.4, 0.5) is 4.39 Å². The van der Waals surface area contributed by atoms with Gasteiger partial charge >= 0.3 is 5.97 Å². The Bertz CT molecular complexity index is 619. The zero-order chi connectivity index (χ0) is 15.5. The minimum Gasteiger partial charge on any atom is -0.478 e. The van der Waals surface area contributed by atoms with Gasteiger partial charge in [0.1, 0.15) is 4.90 Å². The SMILES string of the molecule is CCC(O)CNS(=O)(=O)c1cc(Cl)cc(C(=O)O)c1F. The number of carbonyl (C=O) groups is 1. The average Bonchev–Trinajstić information content (AvgIpc) is 2.37. The quantitative estimate of drug-likeness (QED) is 0.729. The molecule has 0 aliphatic carbocycles. The Morgan fingerprint density at radius 2 is 2.10 bits per heavy atom. The minimum atomic E-state index is -4.31. The molecule has 0 aliphatic heterocycles. The van der Waals surface area contributed by atoms with Crippen molar-refractivity contribution in [1.29, 1.82) is 0 Å². The maximum Gasteiger partial charge on any atom is 0.338 e. The highest BCUT2D eigenvalue weighted by Crippen LogP contribution is 2.23. The van der Waals surface area contributed by atoms with E-state index in [1.807, 2.05) is 4.72 Å². The summed E-state index contributed by atoms with van der Waals surface area (Å²) < 4.78 is 39.6. The third kappa shape index (κ3) is 3.89. The standard InChI is InChI=1S/C11H13ClFNO5S/c1-2-7(15)5-14-20(18,19)9-4-6(12)3-8(10(9)13)11(16)17/h3-4,7,14-15H,2,5H2,1H3,(H,16,17). The monoisotopic (exact) mass is 325 g/mol. The fraction of sp³-hybridized carbons (Fsp3) is 0.364. The zero-order valence-electron chi connectivity index (χ0n) is 10.4. The number of carboxylic acid groups (broad SMARTS) is 1. The molecule has 1 atom stereocenters. The molecule has 0 fully saturated rings. The second-order valence-electron chi connectivity index (χ2n) is 3.98. The predicted octanol–water partition coefficient (Wildman–Crippen LogP) is 1.23. The second kappa shape index (κ2) is 6.49. The number of nitrogens with one attached hydrogen (secondary N) is 1. The van der Waals surface area contributed by atoms with Crippen molar-refractivity contribution in [2.75, 3.05) is 6.54 Å². The lowest BCUT2D eigenvalue weighted by atomic mass is 10.2. The van der Waals surface area contributed by atoms with Crippen molar-refractivity contribution in [1.82, 2.24) is 4.72 Å². The van der Waals surface area contributed by atoms with Crippen LogP contribution in [0.15, 0.2) is 17.0 Å². The van der Waals surface area contributed by atoms with E-state index in [4.69, 9.17) is 16.7 Å². The molecule has 0 saturated heterocycles. The van der Waals surface area contributed by atoms with Crippen LogP contribution in [-0.4, -0.2) is 37.2 Å². The van der Waals surface area contributed by atoms with Gasteiger partial charge in [0.2, 0.25) is 10.0 Å². The van der Waals surface area contributed by atoms with Crippen molar-refractivity contribution in [3.05, 3.63) is 28.5 Å². The fourth-order valence-corrected chi connectivity index (χ4v) is 2.82. The summed E-state index contributed by atoms with van der Waals surface area (Å²) in [6, 6.07) is 1.63. The molecule has 0 radical (unpaired) electrons. The van der Waals surface area contributed by atoms with Gasteiger partial charge in [0.15, 0.2) is 5.82 Å². The van der Waals surface area contributed by atoms with Crippen LogP contribution in [0.1, 0.15) is 23.7 Å². The maximum atomic E-state index is 13.9. The van der Waals surface area contributed by atoms with E-state index in [1.165, 1.54) is 0 Å². The third-order valence-corrected chi connectivity index (χ3v) is 4.15. The van der Waals surface area contributed by atoms with Crippen LogP contribution in [0.25, 0.3) is 0 Å². The molecule has 0 aromatic heterocycles. The number of aliphatic hydroxyl groups is 1. The second-order valence-corrected chi connectivity index (χ2v) is 6.16. The molecule has 3 N–H and O–H groups in total. The summed E-state index contributed by atoms with van der Waals surface area (Å²) in [6.07, 6.45) is -0.619. The van der Waals surface area contributed by atoms with E-state index in [0.29, 0.717) is 6.42 Å². The number of hydrogen-bond acceptors (Lipinski definition) is 4. The van der Waals surface area contributed by atoms with E-state index >= 15 is 0 Å². The number of aliphatic hydroxyl groups excluding tert-OH is 1. The Morgan fingerprint density at radius 3 is 2.60 bits per heavy atom. The lowest BCUT2D eigenvalue weighted by Gasteiger charge is -2.12. The summed E-state index contributed by atoms with van der Waals surface area (Å²) in [5.74, 6) is -3.03. The summed E-state index contributed by atoms with van der Waals surface area (Å²) in [6.45, 7) is 1.33. The van der Waals surface area contributed by atoms with Crippen LogP contribution in [-0.2, 0) is 10.0 Å². The van der Waals surface area contributed by atoms with E-state index < -0.39 is 38.4 Å². The number of carboxylic acids is 1. The molecule has 0 saturated carbocycles. The highest BCUT2D eigenvalue weighted by molar-refractivity contribution is 7.89. The zero-order valence-corrected chi connectivity index (χ0v) is 12.0. The molecular weight excluding hydrogens is 313 g/mol. The van der Waals surface area contributed by atoms with Gasteiger partial charge in [-0.25, -0.2) is 22.3 Å². The molecule has 0 heterocycles. The number of hydrogen-bond donors (Lipinski definition) is 3.